The van der Waals surface area contributed by atoms with Crippen LogP contribution in [-0.4, -0.2) is 28.1 Å². The van der Waals surface area contributed by atoms with Crippen molar-refractivity contribution in [1.82, 2.24) is 15.3 Å². The van der Waals surface area contributed by atoms with Crippen LogP contribution in [0, 0.1) is 5.92 Å². The van der Waals surface area contributed by atoms with Gasteiger partial charge in [-0.2, -0.15) is 0 Å². The quantitative estimate of drug-likeness (QED) is 0.829. The van der Waals surface area contributed by atoms with Crippen molar-refractivity contribution in [2.24, 2.45) is 5.92 Å². The molecular formula is C15H23N3O2. The molecule has 1 saturated carbocycles. The fourth-order valence-electron chi connectivity index (χ4n) is 3.30. The van der Waals surface area contributed by atoms with Gasteiger partial charge in [0, 0.05) is 13.0 Å². The monoisotopic (exact) mass is 277 g/mol. The Morgan fingerprint density at radius 3 is 3.25 bits per heavy atom. The fraction of sp³-hybridized carbons (Fsp3) is 0.733. The molecule has 2 heterocycles. The first-order chi connectivity index (χ1) is 9.76. The molecular weight excluding hydrogens is 254 g/mol. The van der Waals surface area contributed by atoms with Crippen LogP contribution in [0.5, 0.6) is 0 Å². The second kappa shape index (κ2) is 5.95. The molecule has 1 aromatic heterocycles. The summed E-state index contributed by atoms with van der Waals surface area (Å²) in [6, 6.07) is -0.243. The van der Waals surface area contributed by atoms with Gasteiger partial charge in [0.25, 0.3) is 0 Å². The lowest BCUT2D eigenvalue weighted by atomic mass is 9.85. The predicted octanol–water partition coefficient (Wildman–Crippen LogP) is 1.94. The van der Waals surface area contributed by atoms with Gasteiger partial charge in [0.05, 0.1) is 17.7 Å². The molecule has 1 fully saturated rings. The number of nitrogens with zero attached hydrogens (tertiary/aromatic N) is 1. The Hall–Kier alpha value is -1.36. The van der Waals surface area contributed by atoms with Crippen LogP contribution in [0.4, 0.5) is 0 Å². The maximum Gasteiger partial charge on any atom is 0.323 e. The van der Waals surface area contributed by atoms with Crippen LogP contribution in [0.15, 0.2) is 6.33 Å². The molecule has 0 radical (unpaired) electrons. The van der Waals surface area contributed by atoms with E-state index in [-0.39, 0.29) is 18.1 Å². The summed E-state index contributed by atoms with van der Waals surface area (Å²) in [5.74, 6) is 0.610. The molecule has 5 nitrogen and oxygen atoms in total. The summed E-state index contributed by atoms with van der Waals surface area (Å²) in [7, 11) is 0. The highest BCUT2D eigenvalue weighted by Crippen LogP contribution is 2.28. The SMILES string of the molecule is CCC1CCCC(OC(=O)C2Cc3nc[nH]c3CN2)C1. The number of carbonyl (C=O) groups excluding carboxylic acids is 1. The summed E-state index contributed by atoms with van der Waals surface area (Å²) in [6.45, 7) is 2.88. The topological polar surface area (TPSA) is 67.0 Å². The molecule has 0 aromatic carbocycles. The van der Waals surface area contributed by atoms with E-state index in [0.29, 0.717) is 13.0 Å². The number of hydrogen-bond donors (Lipinski definition) is 2. The first-order valence-electron chi connectivity index (χ1n) is 7.71. The van der Waals surface area contributed by atoms with Gasteiger partial charge in [0.1, 0.15) is 12.1 Å². The van der Waals surface area contributed by atoms with Gasteiger partial charge in [-0.1, -0.05) is 19.8 Å². The third-order valence-electron chi connectivity index (χ3n) is 4.61. The second-order valence-electron chi connectivity index (χ2n) is 5.97. The first-order valence-corrected chi connectivity index (χ1v) is 7.71. The van der Waals surface area contributed by atoms with Gasteiger partial charge in [-0.15, -0.1) is 0 Å². The number of nitrogens with one attached hydrogen (secondary N) is 2. The van der Waals surface area contributed by atoms with Crippen molar-refractivity contribution in [2.75, 3.05) is 0 Å². The number of aromatic nitrogens is 2. The molecule has 3 atom stereocenters. The molecule has 0 bridgehead atoms. The van der Waals surface area contributed by atoms with Gasteiger partial charge in [-0.25, -0.2) is 4.98 Å². The summed E-state index contributed by atoms with van der Waals surface area (Å²) in [6.07, 6.45) is 8.12. The summed E-state index contributed by atoms with van der Waals surface area (Å²) in [5.41, 5.74) is 2.07. The maximum absolute atomic E-state index is 12.3. The molecule has 0 spiro atoms. The number of aromatic amines is 1. The number of rotatable bonds is 3. The van der Waals surface area contributed by atoms with Crippen LogP contribution < -0.4 is 5.32 Å². The van der Waals surface area contributed by atoms with E-state index < -0.39 is 0 Å². The Balaban J connectivity index is 1.55. The number of H-pyrrole nitrogens is 1. The molecule has 110 valence electrons. The Morgan fingerprint density at radius 1 is 1.50 bits per heavy atom. The lowest BCUT2D eigenvalue weighted by molar-refractivity contribution is -0.154. The molecule has 0 amide bonds. The number of esters is 1. The molecule has 1 aliphatic carbocycles. The van der Waals surface area contributed by atoms with Crippen molar-refractivity contribution < 1.29 is 9.53 Å². The molecule has 1 aromatic rings. The van der Waals surface area contributed by atoms with Gasteiger partial charge in [-0.05, 0) is 25.2 Å². The van der Waals surface area contributed by atoms with Crippen LogP contribution in [0.25, 0.3) is 0 Å². The van der Waals surface area contributed by atoms with E-state index in [1.54, 1.807) is 6.33 Å². The van der Waals surface area contributed by atoms with Crippen LogP contribution >= 0.6 is 0 Å². The van der Waals surface area contributed by atoms with Gasteiger partial charge in [0.2, 0.25) is 0 Å². The summed E-state index contributed by atoms with van der Waals surface area (Å²) in [4.78, 5) is 19.6. The Kier molecular flexibility index (Phi) is 4.05. The predicted molar refractivity (Wildman–Crippen MR) is 75.0 cm³/mol. The molecule has 5 heteroatoms. The summed E-state index contributed by atoms with van der Waals surface area (Å²) in [5, 5.41) is 3.23. The minimum atomic E-state index is -0.243. The highest BCUT2D eigenvalue weighted by Gasteiger charge is 2.30. The van der Waals surface area contributed by atoms with Gasteiger partial charge < -0.3 is 9.72 Å². The Morgan fingerprint density at radius 2 is 2.40 bits per heavy atom. The number of ether oxygens (including phenoxy) is 1. The minimum Gasteiger partial charge on any atom is -0.461 e. The average molecular weight is 277 g/mol. The molecule has 1 aliphatic heterocycles. The molecule has 20 heavy (non-hydrogen) atoms. The van der Waals surface area contributed by atoms with Crippen molar-refractivity contribution in [3.63, 3.8) is 0 Å². The van der Waals surface area contributed by atoms with Crippen molar-refractivity contribution in [3.05, 3.63) is 17.7 Å². The van der Waals surface area contributed by atoms with E-state index in [1.165, 1.54) is 19.3 Å². The van der Waals surface area contributed by atoms with Crippen molar-refractivity contribution >= 4 is 5.97 Å². The zero-order chi connectivity index (χ0) is 13.9. The highest BCUT2D eigenvalue weighted by atomic mass is 16.5. The van der Waals surface area contributed by atoms with Crippen molar-refractivity contribution in [3.8, 4) is 0 Å². The largest absolute Gasteiger partial charge is 0.461 e. The molecule has 2 aliphatic rings. The van der Waals surface area contributed by atoms with Gasteiger partial charge in [-0.3, -0.25) is 10.1 Å². The van der Waals surface area contributed by atoms with Crippen LogP contribution in [0.2, 0.25) is 0 Å². The third-order valence-corrected chi connectivity index (χ3v) is 4.61. The minimum absolute atomic E-state index is 0.111. The molecule has 3 unspecified atom stereocenters. The number of fused-ring (bicyclic) bond motifs is 1. The van der Waals surface area contributed by atoms with E-state index in [2.05, 4.69) is 22.2 Å². The highest BCUT2D eigenvalue weighted by molar-refractivity contribution is 5.76. The Labute approximate surface area is 119 Å². The van der Waals surface area contributed by atoms with Crippen molar-refractivity contribution in [1.29, 1.82) is 0 Å². The zero-order valence-electron chi connectivity index (χ0n) is 12.0. The van der Waals surface area contributed by atoms with Gasteiger partial charge in [0.15, 0.2) is 0 Å². The average Bonchev–Trinajstić information content (AvgIpc) is 2.94. The summed E-state index contributed by atoms with van der Waals surface area (Å²) < 4.78 is 5.72. The summed E-state index contributed by atoms with van der Waals surface area (Å²) >= 11 is 0. The van der Waals surface area contributed by atoms with Gasteiger partial charge >= 0.3 is 5.97 Å². The molecule has 0 saturated heterocycles. The van der Waals surface area contributed by atoms with Crippen LogP contribution in [-0.2, 0) is 22.5 Å². The molecule has 3 rings (SSSR count). The van der Waals surface area contributed by atoms with E-state index >= 15 is 0 Å². The lowest BCUT2D eigenvalue weighted by Gasteiger charge is -2.30. The van der Waals surface area contributed by atoms with Crippen LogP contribution in [0.1, 0.15) is 50.4 Å². The van der Waals surface area contributed by atoms with Crippen molar-refractivity contribution in [2.45, 2.75) is 64.1 Å². The second-order valence-corrected chi connectivity index (χ2v) is 5.97. The number of carbonyl (C=O) groups is 1. The fourth-order valence-corrected chi connectivity index (χ4v) is 3.30. The zero-order valence-corrected chi connectivity index (χ0v) is 12.0. The van der Waals surface area contributed by atoms with E-state index in [4.69, 9.17) is 4.74 Å². The van der Waals surface area contributed by atoms with Crippen LogP contribution in [0.3, 0.4) is 0 Å². The van der Waals surface area contributed by atoms with E-state index in [0.717, 1.165) is 30.1 Å². The lowest BCUT2D eigenvalue weighted by Crippen LogP contribution is -2.44. The molecule has 2 N–H and O–H groups in total. The smallest absolute Gasteiger partial charge is 0.323 e. The maximum atomic E-state index is 12.3. The number of imidazole rings is 1. The standard InChI is InChI=1S/C15H23N3O2/c1-2-10-4-3-5-11(6-10)20-15(19)13-7-12-14(8-16-13)18-9-17-12/h9-11,13,16H,2-8H2,1H3,(H,17,18). The first kappa shape index (κ1) is 13.6. The van der Waals surface area contributed by atoms with E-state index in [9.17, 15) is 4.79 Å². The Bertz CT molecular complexity index is 471. The third kappa shape index (κ3) is 2.87. The normalized spacial score (nSPS) is 29.8. The van der Waals surface area contributed by atoms with E-state index in [1.807, 2.05) is 0 Å². The number of hydrogen-bond acceptors (Lipinski definition) is 4.